The first kappa shape index (κ1) is 15.0. The zero-order chi connectivity index (χ0) is 14.8. The molecule has 0 aliphatic heterocycles. The minimum Gasteiger partial charge on any atom is -0.481 e. The van der Waals surface area contributed by atoms with E-state index in [0.717, 1.165) is 37.8 Å². The molecule has 1 aliphatic rings. The normalized spacial score (nSPS) is 26.9. The number of carbonyl (C=O) groups is 1. The van der Waals surface area contributed by atoms with Crippen molar-refractivity contribution < 1.29 is 9.90 Å². The zero-order valence-corrected chi connectivity index (χ0v) is 12.7. The Labute approximate surface area is 120 Å². The lowest BCUT2D eigenvalue weighted by Crippen LogP contribution is -2.44. The van der Waals surface area contributed by atoms with Crippen LogP contribution in [0.1, 0.15) is 38.2 Å². The van der Waals surface area contributed by atoms with Crippen LogP contribution in [0.2, 0.25) is 0 Å². The van der Waals surface area contributed by atoms with E-state index in [2.05, 4.69) is 16.9 Å². The van der Waals surface area contributed by atoms with Gasteiger partial charge in [0, 0.05) is 31.9 Å². The SMILES string of the molecule is CC1CCC(CN(C)Cc2cnn(C)c2)(C(=O)O)CC1. The van der Waals surface area contributed by atoms with Crippen molar-refractivity contribution in [1.29, 1.82) is 0 Å². The molecular weight excluding hydrogens is 254 g/mol. The fourth-order valence-corrected chi connectivity index (χ4v) is 3.19. The molecule has 0 saturated heterocycles. The van der Waals surface area contributed by atoms with E-state index in [1.54, 1.807) is 4.68 Å². The molecule has 20 heavy (non-hydrogen) atoms. The van der Waals surface area contributed by atoms with Crippen molar-refractivity contribution in [3.05, 3.63) is 18.0 Å². The van der Waals surface area contributed by atoms with E-state index < -0.39 is 11.4 Å². The Morgan fingerprint density at radius 3 is 2.70 bits per heavy atom. The van der Waals surface area contributed by atoms with Gasteiger partial charge in [0.25, 0.3) is 0 Å². The molecule has 0 amide bonds. The Hall–Kier alpha value is -1.36. The minimum atomic E-state index is -0.637. The Morgan fingerprint density at radius 2 is 2.20 bits per heavy atom. The molecule has 1 fully saturated rings. The first-order chi connectivity index (χ1) is 9.41. The van der Waals surface area contributed by atoms with Crippen LogP contribution < -0.4 is 0 Å². The second kappa shape index (κ2) is 5.95. The first-order valence-corrected chi connectivity index (χ1v) is 7.31. The summed E-state index contributed by atoms with van der Waals surface area (Å²) in [5, 5.41) is 13.8. The molecule has 1 heterocycles. The van der Waals surface area contributed by atoms with E-state index in [0.29, 0.717) is 12.5 Å². The van der Waals surface area contributed by atoms with Gasteiger partial charge < -0.3 is 10.0 Å². The third-order valence-corrected chi connectivity index (χ3v) is 4.47. The number of hydrogen-bond donors (Lipinski definition) is 1. The monoisotopic (exact) mass is 279 g/mol. The molecule has 2 rings (SSSR count). The number of aryl methyl sites for hydroxylation is 1. The van der Waals surface area contributed by atoms with Gasteiger partial charge in [-0.2, -0.15) is 5.10 Å². The number of hydrogen-bond acceptors (Lipinski definition) is 3. The Balaban J connectivity index is 1.99. The molecule has 0 bridgehead atoms. The highest BCUT2D eigenvalue weighted by Crippen LogP contribution is 2.39. The number of carboxylic acid groups (broad SMARTS) is 1. The lowest BCUT2D eigenvalue weighted by atomic mass is 9.70. The first-order valence-electron chi connectivity index (χ1n) is 7.31. The Morgan fingerprint density at radius 1 is 1.55 bits per heavy atom. The van der Waals surface area contributed by atoms with Gasteiger partial charge in [-0.05, 0) is 38.6 Å². The molecule has 1 saturated carbocycles. The highest BCUT2D eigenvalue weighted by atomic mass is 16.4. The van der Waals surface area contributed by atoms with Crippen LogP contribution in [0.4, 0.5) is 0 Å². The average molecular weight is 279 g/mol. The molecule has 112 valence electrons. The van der Waals surface area contributed by atoms with Crippen LogP contribution in [0.15, 0.2) is 12.4 Å². The number of aromatic nitrogens is 2. The highest BCUT2D eigenvalue weighted by molar-refractivity contribution is 5.75. The molecule has 0 aromatic carbocycles. The van der Waals surface area contributed by atoms with Gasteiger partial charge in [0.2, 0.25) is 0 Å². The van der Waals surface area contributed by atoms with Crippen molar-refractivity contribution in [2.45, 2.75) is 39.2 Å². The highest BCUT2D eigenvalue weighted by Gasteiger charge is 2.41. The van der Waals surface area contributed by atoms with E-state index in [9.17, 15) is 9.90 Å². The van der Waals surface area contributed by atoms with Crippen LogP contribution in [-0.2, 0) is 18.4 Å². The second-order valence-electron chi connectivity index (χ2n) is 6.46. The molecule has 0 radical (unpaired) electrons. The predicted molar refractivity (Wildman–Crippen MR) is 77.2 cm³/mol. The molecule has 1 aliphatic carbocycles. The molecule has 0 spiro atoms. The maximum atomic E-state index is 11.7. The lowest BCUT2D eigenvalue weighted by Gasteiger charge is -2.38. The largest absolute Gasteiger partial charge is 0.481 e. The van der Waals surface area contributed by atoms with Crippen molar-refractivity contribution >= 4 is 5.97 Å². The summed E-state index contributed by atoms with van der Waals surface area (Å²) in [4.78, 5) is 13.8. The topological polar surface area (TPSA) is 58.4 Å². The molecule has 1 aromatic rings. The second-order valence-corrected chi connectivity index (χ2v) is 6.46. The van der Waals surface area contributed by atoms with Crippen LogP contribution in [0.5, 0.6) is 0 Å². The molecule has 0 unspecified atom stereocenters. The standard InChI is InChI=1S/C15H25N3O2/c1-12-4-6-15(7-5-12,14(19)20)11-17(2)9-13-8-16-18(3)10-13/h8,10,12H,4-7,9,11H2,1-3H3,(H,19,20). The van der Waals surface area contributed by atoms with E-state index in [1.165, 1.54) is 0 Å². The van der Waals surface area contributed by atoms with Crippen molar-refractivity contribution in [2.75, 3.05) is 13.6 Å². The molecule has 1 N–H and O–H groups in total. The zero-order valence-electron chi connectivity index (χ0n) is 12.7. The maximum Gasteiger partial charge on any atom is 0.310 e. The fourth-order valence-electron chi connectivity index (χ4n) is 3.19. The predicted octanol–water partition coefficient (Wildman–Crippen LogP) is 2.13. The molecule has 1 aromatic heterocycles. The van der Waals surface area contributed by atoms with Gasteiger partial charge in [-0.1, -0.05) is 6.92 Å². The average Bonchev–Trinajstić information content (AvgIpc) is 2.77. The summed E-state index contributed by atoms with van der Waals surface area (Å²) in [7, 11) is 3.89. The van der Waals surface area contributed by atoms with Crippen LogP contribution in [0.3, 0.4) is 0 Å². The molecule has 5 heteroatoms. The van der Waals surface area contributed by atoms with E-state index >= 15 is 0 Å². The van der Waals surface area contributed by atoms with E-state index in [-0.39, 0.29) is 0 Å². The summed E-state index contributed by atoms with van der Waals surface area (Å²) in [5.41, 5.74) is 0.559. The lowest BCUT2D eigenvalue weighted by molar-refractivity contribution is -0.153. The van der Waals surface area contributed by atoms with E-state index in [4.69, 9.17) is 0 Å². The smallest absolute Gasteiger partial charge is 0.310 e. The summed E-state index contributed by atoms with van der Waals surface area (Å²) in [6.07, 6.45) is 7.45. The third kappa shape index (κ3) is 3.39. The van der Waals surface area contributed by atoms with Crippen molar-refractivity contribution in [3.8, 4) is 0 Å². The third-order valence-electron chi connectivity index (χ3n) is 4.47. The quantitative estimate of drug-likeness (QED) is 0.897. The van der Waals surface area contributed by atoms with E-state index in [1.807, 2.05) is 26.5 Å². The van der Waals surface area contributed by atoms with Gasteiger partial charge in [0.15, 0.2) is 0 Å². The summed E-state index contributed by atoms with van der Waals surface area (Å²) < 4.78 is 1.78. The molecular formula is C15H25N3O2. The minimum absolute atomic E-state index is 0.566. The van der Waals surface area contributed by atoms with Gasteiger partial charge in [-0.3, -0.25) is 9.48 Å². The molecule has 0 atom stereocenters. The summed E-state index contributed by atoms with van der Waals surface area (Å²) in [6, 6.07) is 0. The fraction of sp³-hybridized carbons (Fsp3) is 0.733. The van der Waals surface area contributed by atoms with Gasteiger partial charge in [0.05, 0.1) is 11.6 Å². The number of carboxylic acids is 1. The van der Waals surface area contributed by atoms with Crippen LogP contribution in [-0.4, -0.2) is 39.3 Å². The summed E-state index contributed by atoms with van der Waals surface area (Å²) in [5.74, 6) is 0.0218. The van der Waals surface area contributed by atoms with Gasteiger partial charge >= 0.3 is 5.97 Å². The van der Waals surface area contributed by atoms with Crippen molar-refractivity contribution in [3.63, 3.8) is 0 Å². The maximum absolute atomic E-state index is 11.7. The van der Waals surface area contributed by atoms with Gasteiger partial charge in [0.1, 0.15) is 0 Å². The Bertz CT molecular complexity index is 461. The Kier molecular flexibility index (Phi) is 4.48. The number of nitrogens with zero attached hydrogens (tertiary/aromatic N) is 3. The molecule has 5 nitrogen and oxygen atoms in total. The van der Waals surface area contributed by atoms with Gasteiger partial charge in [-0.15, -0.1) is 0 Å². The van der Waals surface area contributed by atoms with Gasteiger partial charge in [-0.25, -0.2) is 0 Å². The van der Waals surface area contributed by atoms with Crippen molar-refractivity contribution in [1.82, 2.24) is 14.7 Å². The van der Waals surface area contributed by atoms with Crippen LogP contribution in [0.25, 0.3) is 0 Å². The summed E-state index contributed by atoms with van der Waals surface area (Å²) in [6.45, 7) is 3.58. The van der Waals surface area contributed by atoms with Crippen molar-refractivity contribution in [2.24, 2.45) is 18.4 Å². The summed E-state index contributed by atoms with van der Waals surface area (Å²) >= 11 is 0. The van der Waals surface area contributed by atoms with Crippen LogP contribution in [0, 0.1) is 11.3 Å². The number of rotatable bonds is 5. The van der Waals surface area contributed by atoms with Crippen LogP contribution >= 0.6 is 0 Å². The number of aliphatic carboxylic acids is 1.